The molecule has 0 fully saturated rings. The van der Waals surface area contributed by atoms with Gasteiger partial charge in [0.2, 0.25) is 0 Å². The van der Waals surface area contributed by atoms with Crippen LogP contribution in [0.15, 0.2) is 0 Å². The molecule has 0 aromatic rings. The first-order valence-corrected chi connectivity index (χ1v) is 2.89. The van der Waals surface area contributed by atoms with Crippen LogP contribution in [0.4, 0.5) is 13.2 Å². The van der Waals surface area contributed by atoms with Crippen LogP contribution in [0, 0.1) is 0 Å². The minimum Gasteiger partial charge on any atom is -0.394 e. The van der Waals surface area contributed by atoms with E-state index in [-0.39, 0.29) is 0 Å². The summed E-state index contributed by atoms with van der Waals surface area (Å²) < 4.78 is 38.0. The smallest absolute Gasteiger partial charge is 0.394 e. The normalized spacial score (nSPS) is 15.0. The lowest BCUT2D eigenvalue weighted by Crippen LogP contribution is -2.24. The van der Waals surface area contributed by atoms with Gasteiger partial charge >= 0.3 is 6.18 Å². The molecular formula is C5H9F3O3. The van der Waals surface area contributed by atoms with Gasteiger partial charge < -0.3 is 14.9 Å². The molecule has 0 aliphatic carbocycles. The van der Waals surface area contributed by atoms with Gasteiger partial charge in [-0.2, -0.15) is 13.2 Å². The zero-order valence-electron chi connectivity index (χ0n) is 5.64. The predicted molar refractivity (Wildman–Crippen MR) is 30.0 cm³/mol. The highest BCUT2D eigenvalue weighted by Gasteiger charge is 2.27. The van der Waals surface area contributed by atoms with Crippen LogP contribution < -0.4 is 0 Å². The number of rotatable bonds is 4. The molecule has 1 atom stereocenters. The monoisotopic (exact) mass is 174 g/mol. The number of aliphatic hydroxyl groups excluding tert-OH is 2. The van der Waals surface area contributed by atoms with Crippen molar-refractivity contribution < 1.29 is 28.1 Å². The second-order valence-electron chi connectivity index (χ2n) is 1.97. The molecule has 0 radical (unpaired) electrons. The fourth-order valence-corrected chi connectivity index (χ4v) is 0.363. The summed E-state index contributed by atoms with van der Waals surface area (Å²) in [5.74, 6) is 0. The molecule has 68 valence electrons. The van der Waals surface area contributed by atoms with Gasteiger partial charge in [0, 0.05) is 0 Å². The molecule has 6 heteroatoms. The molecule has 0 aliphatic heterocycles. The minimum absolute atomic E-state index is 0.504. The van der Waals surface area contributed by atoms with Crippen molar-refractivity contribution in [3.05, 3.63) is 0 Å². The van der Waals surface area contributed by atoms with Gasteiger partial charge in [0.1, 0.15) is 12.7 Å². The van der Waals surface area contributed by atoms with Gasteiger partial charge in [0.25, 0.3) is 0 Å². The standard InChI is InChI=1S/C5H9F3O3/c6-5(7,8)3-11-2-4(10)1-9/h4,9-10H,1-3H2/t4-/m1/s1. The van der Waals surface area contributed by atoms with Gasteiger partial charge in [-0.1, -0.05) is 0 Å². The van der Waals surface area contributed by atoms with Crippen molar-refractivity contribution in [2.75, 3.05) is 19.8 Å². The third-order valence-corrected chi connectivity index (χ3v) is 0.787. The molecular weight excluding hydrogens is 165 g/mol. The Balaban J connectivity index is 3.28. The van der Waals surface area contributed by atoms with Crippen LogP contribution in [-0.2, 0) is 4.74 Å². The van der Waals surface area contributed by atoms with E-state index in [2.05, 4.69) is 4.74 Å². The fourth-order valence-electron chi connectivity index (χ4n) is 0.363. The summed E-state index contributed by atoms with van der Waals surface area (Å²) in [6.07, 6.45) is -5.62. The number of aliphatic hydroxyl groups is 2. The van der Waals surface area contributed by atoms with Gasteiger partial charge in [-0.15, -0.1) is 0 Å². The van der Waals surface area contributed by atoms with Gasteiger partial charge in [0.05, 0.1) is 13.2 Å². The molecule has 11 heavy (non-hydrogen) atoms. The van der Waals surface area contributed by atoms with Crippen LogP contribution in [-0.4, -0.2) is 42.3 Å². The number of halogens is 3. The number of alkyl halides is 3. The van der Waals surface area contributed by atoms with E-state index in [1.807, 2.05) is 0 Å². The second kappa shape index (κ2) is 4.53. The first kappa shape index (κ1) is 10.7. The topological polar surface area (TPSA) is 49.7 Å². The average Bonchev–Trinajstić information content (AvgIpc) is 1.85. The minimum atomic E-state index is -4.38. The summed E-state index contributed by atoms with van der Waals surface area (Å²) in [5.41, 5.74) is 0. The predicted octanol–water partition coefficient (Wildman–Crippen LogP) is -0.0815. The lowest BCUT2D eigenvalue weighted by atomic mass is 10.4. The van der Waals surface area contributed by atoms with Crippen molar-refractivity contribution in [2.45, 2.75) is 12.3 Å². The molecule has 0 bridgehead atoms. The molecule has 0 rings (SSSR count). The largest absolute Gasteiger partial charge is 0.411 e. The fraction of sp³-hybridized carbons (Fsp3) is 1.00. The number of ether oxygens (including phenoxy) is 1. The average molecular weight is 174 g/mol. The Kier molecular flexibility index (Phi) is 4.39. The van der Waals surface area contributed by atoms with Crippen LogP contribution in [0.1, 0.15) is 0 Å². The zero-order chi connectivity index (χ0) is 8.91. The Hall–Kier alpha value is -0.330. The SMILES string of the molecule is OC[C@@H](O)COCC(F)(F)F. The molecule has 3 nitrogen and oxygen atoms in total. The van der Waals surface area contributed by atoms with Gasteiger partial charge in [-0.3, -0.25) is 0 Å². The first-order valence-electron chi connectivity index (χ1n) is 2.89. The van der Waals surface area contributed by atoms with Crippen LogP contribution in [0.25, 0.3) is 0 Å². The third-order valence-electron chi connectivity index (χ3n) is 0.787. The zero-order valence-corrected chi connectivity index (χ0v) is 5.64. The molecule has 2 N–H and O–H groups in total. The highest BCUT2D eigenvalue weighted by atomic mass is 19.4. The van der Waals surface area contributed by atoms with Crippen molar-refractivity contribution >= 4 is 0 Å². The Labute approximate surface area is 61.4 Å². The van der Waals surface area contributed by atoms with Crippen molar-refractivity contribution in [3.8, 4) is 0 Å². The summed E-state index contributed by atoms with van der Waals surface area (Å²) in [6, 6.07) is 0. The second-order valence-corrected chi connectivity index (χ2v) is 1.97. The van der Waals surface area contributed by atoms with E-state index in [4.69, 9.17) is 10.2 Å². The van der Waals surface area contributed by atoms with Crippen molar-refractivity contribution in [1.29, 1.82) is 0 Å². The van der Waals surface area contributed by atoms with Crippen LogP contribution in [0.3, 0.4) is 0 Å². The molecule has 0 aromatic carbocycles. The maximum atomic E-state index is 11.3. The van der Waals surface area contributed by atoms with E-state index in [1.165, 1.54) is 0 Å². The van der Waals surface area contributed by atoms with Crippen molar-refractivity contribution in [1.82, 2.24) is 0 Å². The van der Waals surface area contributed by atoms with Crippen LogP contribution in [0.5, 0.6) is 0 Å². The third kappa shape index (κ3) is 7.57. The molecule has 0 aliphatic rings. The van der Waals surface area contributed by atoms with Crippen molar-refractivity contribution in [2.24, 2.45) is 0 Å². The maximum Gasteiger partial charge on any atom is 0.411 e. The van der Waals surface area contributed by atoms with Gasteiger partial charge in [-0.05, 0) is 0 Å². The molecule has 0 heterocycles. The van der Waals surface area contributed by atoms with Crippen LogP contribution >= 0.6 is 0 Å². The summed E-state index contributed by atoms with van der Waals surface area (Å²) in [5, 5.41) is 16.7. The number of hydrogen-bond acceptors (Lipinski definition) is 3. The van der Waals surface area contributed by atoms with E-state index in [0.29, 0.717) is 0 Å². The molecule has 0 unspecified atom stereocenters. The molecule has 0 amide bonds. The molecule has 0 aromatic heterocycles. The summed E-state index contributed by atoms with van der Waals surface area (Å²) in [6.45, 7) is -2.50. The molecule has 0 saturated carbocycles. The lowest BCUT2D eigenvalue weighted by Gasteiger charge is -2.09. The molecule has 0 spiro atoms. The lowest BCUT2D eigenvalue weighted by molar-refractivity contribution is -0.180. The van der Waals surface area contributed by atoms with E-state index < -0.39 is 32.1 Å². The van der Waals surface area contributed by atoms with E-state index >= 15 is 0 Å². The quantitative estimate of drug-likeness (QED) is 0.626. The Morgan fingerprint density at radius 1 is 1.36 bits per heavy atom. The van der Waals surface area contributed by atoms with E-state index in [9.17, 15) is 13.2 Å². The first-order chi connectivity index (χ1) is 4.95. The van der Waals surface area contributed by atoms with Crippen LogP contribution in [0.2, 0.25) is 0 Å². The summed E-state index contributed by atoms with van der Waals surface area (Å²) in [4.78, 5) is 0. The van der Waals surface area contributed by atoms with Gasteiger partial charge in [-0.25, -0.2) is 0 Å². The number of hydrogen-bond donors (Lipinski definition) is 2. The van der Waals surface area contributed by atoms with Gasteiger partial charge in [0.15, 0.2) is 0 Å². The molecule has 0 saturated heterocycles. The highest BCUT2D eigenvalue weighted by Crippen LogP contribution is 2.14. The summed E-state index contributed by atoms with van der Waals surface area (Å²) in [7, 11) is 0. The maximum absolute atomic E-state index is 11.3. The Morgan fingerprint density at radius 3 is 2.27 bits per heavy atom. The van der Waals surface area contributed by atoms with E-state index in [0.717, 1.165) is 0 Å². The van der Waals surface area contributed by atoms with Crippen molar-refractivity contribution in [3.63, 3.8) is 0 Å². The Morgan fingerprint density at radius 2 is 1.91 bits per heavy atom. The highest BCUT2D eigenvalue weighted by molar-refractivity contribution is 4.51. The Bertz CT molecular complexity index is 104. The summed E-state index contributed by atoms with van der Waals surface area (Å²) >= 11 is 0. The van der Waals surface area contributed by atoms with E-state index in [1.54, 1.807) is 0 Å².